The van der Waals surface area contributed by atoms with E-state index < -0.39 is 17.2 Å². The van der Waals surface area contributed by atoms with Gasteiger partial charge in [0.1, 0.15) is 5.56 Å². The summed E-state index contributed by atoms with van der Waals surface area (Å²) in [7, 11) is 0. The van der Waals surface area contributed by atoms with E-state index in [1.807, 2.05) is 9.88 Å². The maximum atomic E-state index is 12.3. The van der Waals surface area contributed by atoms with Gasteiger partial charge < -0.3 is 14.8 Å². The number of aromatic amines is 2. The monoisotopic (exact) mass is 302 g/mol. The molecule has 0 aromatic carbocycles. The Morgan fingerprint density at radius 3 is 2.41 bits per heavy atom. The molecule has 9 heteroatoms. The number of carbonyl (C=O) groups is 1. The first-order valence-electron chi connectivity index (χ1n) is 6.78. The zero-order chi connectivity index (χ0) is 15.5. The SMILES string of the molecule is O=C(c1c[nH]c(=O)[nH]c1=O)N1CCN(c2ncccn2)CC1. The van der Waals surface area contributed by atoms with Gasteiger partial charge in [0.2, 0.25) is 5.95 Å². The first kappa shape index (κ1) is 14.0. The van der Waals surface area contributed by atoms with Gasteiger partial charge in [-0.3, -0.25) is 14.6 Å². The van der Waals surface area contributed by atoms with Gasteiger partial charge in [-0.2, -0.15) is 0 Å². The molecule has 114 valence electrons. The molecule has 1 amide bonds. The molecule has 2 aromatic heterocycles. The Kier molecular flexibility index (Phi) is 3.69. The Bertz CT molecular complexity index is 776. The maximum Gasteiger partial charge on any atom is 0.325 e. The van der Waals surface area contributed by atoms with E-state index in [-0.39, 0.29) is 5.56 Å². The number of aromatic nitrogens is 4. The van der Waals surface area contributed by atoms with E-state index in [9.17, 15) is 14.4 Å². The molecular formula is C13H14N6O3. The quantitative estimate of drug-likeness (QED) is 0.721. The predicted molar refractivity (Wildman–Crippen MR) is 77.8 cm³/mol. The van der Waals surface area contributed by atoms with Crippen molar-refractivity contribution < 1.29 is 4.79 Å². The van der Waals surface area contributed by atoms with Gasteiger partial charge in [-0.25, -0.2) is 14.8 Å². The van der Waals surface area contributed by atoms with Gasteiger partial charge in [0, 0.05) is 44.8 Å². The Hall–Kier alpha value is -2.97. The molecule has 0 spiro atoms. The van der Waals surface area contributed by atoms with Gasteiger partial charge in [-0.1, -0.05) is 0 Å². The third-order valence-electron chi connectivity index (χ3n) is 3.45. The summed E-state index contributed by atoms with van der Waals surface area (Å²) in [5, 5.41) is 0. The number of carbonyl (C=O) groups excluding carboxylic acids is 1. The first-order valence-corrected chi connectivity index (χ1v) is 6.78. The van der Waals surface area contributed by atoms with Crippen molar-refractivity contribution >= 4 is 11.9 Å². The summed E-state index contributed by atoms with van der Waals surface area (Å²) in [6.07, 6.45) is 4.48. The summed E-state index contributed by atoms with van der Waals surface area (Å²) in [5.41, 5.74) is -1.38. The number of rotatable bonds is 2. The summed E-state index contributed by atoms with van der Waals surface area (Å²) in [6, 6.07) is 1.74. The zero-order valence-corrected chi connectivity index (χ0v) is 11.7. The predicted octanol–water partition coefficient (Wildman–Crippen LogP) is -1.18. The van der Waals surface area contributed by atoms with Crippen molar-refractivity contribution in [2.75, 3.05) is 31.1 Å². The van der Waals surface area contributed by atoms with Gasteiger partial charge >= 0.3 is 5.69 Å². The molecular weight excluding hydrogens is 288 g/mol. The fraction of sp³-hybridized carbons (Fsp3) is 0.308. The van der Waals surface area contributed by atoms with Gasteiger partial charge in [0.05, 0.1) is 0 Å². The highest BCUT2D eigenvalue weighted by molar-refractivity contribution is 5.93. The molecule has 1 aliphatic heterocycles. The van der Waals surface area contributed by atoms with Crippen molar-refractivity contribution in [3.63, 3.8) is 0 Å². The lowest BCUT2D eigenvalue weighted by atomic mass is 10.2. The van der Waals surface area contributed by atoms with Crippen LogP contribution in [0.2, 0.25) is 0 Å². The van der Waals surface area contributed by atoms with E-state index in [0.29, 0.717) is 32.1 Å². The highest BCUT2D eigenvalue weighted by Gasteiger charge is 2.24. The van der Waals surface area contributed by atoms with E-state index in [1.165, 1.54) is 0 Å². The zero-order valence-electron chi connectivity index (χ0n) is 11.7. The van der Waals surface area contributed by atoms with Crippen molar-refractivity contribution in [2.45, 2.75) is 0 Å². The normalized spacial score (nSPS) is 14.9. The molecule has 2 aromatic rings. The smallest absolute Gasteiger partial charge is 0.325 e. The molecule has 1 aliphatic rings. The van der Waals surface area contributed by atoms with Gasteiger partial charge in [-0.05, 0) is 6.07 Å². The van der Waals surface area contributed by atoms with Gasteiger partial charge in [0.25, 0.3) is 11.5 Å². The van der Waals surface area contributed by atoms with Crippen molar-refractivity contribution in [1.29, 1.82) is 0 Å². The van der Waals surface area contributed by atoms with E-state index in [4.69, 9.17) is 0 Å². The Morgan fingerprint density at radius 1 is 1.09 bits per heavy atom. The van der Waals surface area contributed by atoms with Crippen LogP contribution >= 0.6 is 0 Å². The molecule has 22 heavy (non-hydrogen) atoms. The van der Waals surface area contributed by atoms with Crippen LogP contribution in [-0.4, -0.2) is 56.9 Å². The molecule has 0 aliphatic carbocycles. The number of nitrogens with one attached hydrogen (secondary N) is 2. The topological polar surface area (TPSA) is 115 Å². The molecule has 0 bridgehead atoms. The van der Waals surface area contributed by atoms with Crippen LogP contribution in [0.4, 0.5) is 5.95 Å². The minimum Gasteiger partial charge on any atom is -0.337 e. The first-order chi connectivity index (χ1) is 10.6. The Labute approximate surface area is 124 Å². The standard InChI is InChI=1S/C13H14N6O3/c20-10-9(8-16-13(22)17-10)11(21)18-4-6-19(7-5-18)12-14-2-1-3-15-12/h1-3,8H,4-7H2,(H2,16,17,20,22). The second-order valence-electron chi connectivity index (χ2n) is 4.81. The van der Waals surface area contributed by atoms with Crippen LogP contribution in [0.15, 0.2) is 34.2 Å². The number of hydrogen-bond acceptors (Lipinski definition) is 6. The number of H-pyrrole nitrogens is 2. The lowest BCUT2D eigenvalue weighted by Crippen LogP contribution is -2.50. The fourth-order valence-electron chi connectivity index (χ4n) is 2.30. The molecule has 0 saturated carbocycles. The number of nitrogens with zero attached hydrogens (tertiary/aromatic N) is 4. The van der Waals surface area contributed by atoms with Gasteiger partial charge in [0.15, 0.2) is 0 Å². The number of piperazine rings is 1. The molecule has 9 nitrogen and oxygen atoms in total. The summed E-state index contributed by atoms with van der Waals surface area (Å²) < 4.78 is 0. The maximum absolute atomic E-state index is 12.3. The fourth-order valence-corrected chi connectivity index (χ4v) is 2.30. The minimum absolute atomic E-state index is 0.0657. The van der Waals surface area contributed by atoms with E-state index in [0.717, 1.165) is 6.20 Å². The number of amides is 1. The number of anilines is 1. The van der Waals surface area contributed by atoms with Crippen LogP contribution in [0.1, 0.15) is 10.4 Å². The third kappa shape index (κ3) is 2.73. The molecule has 2 N–H and O–H groups in total. The van der Waals surface area contributed by atoms with Crippen LogP contribution < -0.4 is 16.1 Å². The molecule has 0 unspecified atom stereocenters. The summed E-state index contributed by atoms with van der Waals surface area (Å²) in [6.45, 7) is 2.07. The average molecular weight is 302 g/mol. The van der Waals surface area contributed by atoms with E-state index in [2.05, 4.69) is 15.0 Å². The molecule has 1 fully saturated rings. The summed E-state index contributed by atoms with van der Waals surface area (Å²) in [5.74, 6) is 0.225. The van der Waals surface area contributed by atoms with Crippen molar-refractivity contribution in [2.24, 2.45) is 0 Å². The lowest BCUT2D eigenvalue weighted by molar-refractivity contribution is 0.0744. The largest absolute Gasteiger partial charge is 0.337 e. The van der Waals surface area contributed by atoms with Crippen LogP contribution in [0.25, 0.3) is 0 Å². The van der Waals surface area contributed by atoms with Crippen LogP contribution in [0, 0.1) is 0 Å². The van der Waals surface area contributed by atoms with Crippen molar-refractivity contribution in [3.8, 4) is 0 Å². The highest BCUT2D eigenvalue weighted by atomic mass is 16.2. The highest BCUT2D eigenvalue weighted by Crippen LogP contribution is 2.10. The molecule has 1 saturated heterocycles. The second-order valence-corrected chi connectivity index (χ2v) is 4.81. The Balaban J connectivity index is 1.70. The molecule has 0 atom stereocenters. The third-order valence-corrected chi connectivity index (χ3v) is 3.45. The number of hydrogen-bond donors (Lipinski definition) is 2. The Morgan fingerprint density at radius 2 is 1.77 bits per heavy atom. The van der Waals surface area contributed by atoms with Crippen molar-refractivity contribution in [1.82, 2.24) is 24.8 Å². The molecule has 0 radical (unpaired) electrons. The molecule has 3 heterocycles. The average Bonchev–Trinajstić information content (AvgIpc) is 2.55. The van der Waals surface area contributed by atoms with E-state index in [1.54, 1.807) is 23.4 Å². The van der Waals surface area contributed by atoms with Crippen LogP contribution in [-0.2, 0) is 0 Å². The molecule has 3 rings (SSSR count). The minimum atomic E-state index is -0.678. The van der Waals surface area contributed by atoms with Crippen LogP contribution in [0.5, 0.6) is 0 Å². The van der Waals surface area contributed by atoms with E-state index >= 15 is 0 Å². The van der Waals surface area contributed by atoms with Crippen molar-refractivity contribution in [3.05, 3.63) is 51.1 Å². The summed E-state index contributed by atoms with van der Waals surface area (Å²) >= 11 is 0. The second kappa shape index (κ2) is 5.80. The van der Waals surface area contributed by atoms with Crippen LogP contribution in [0.3, 0.4) is 0 Å². The lowest BCUT2D eigenvalue weighted by Gasteiger charge is -2.34. The summed E-state index contributed by atoms with van der Waals surface area (Å²) in [4.78, 5) is 51.2. The van der Waals surface area contributed by atoms with Gasteiger partial charge in [-0.15, -0.1) is 0 Å².